The summed E-state index contributed by atoms with van der Waals surface area (Å²) in [6.07, 6.45) is 0. The predicted molar refractivity (Wildman–Crippen MR) is 210 cm³/mol. The van der Waals surface area contributed by atoms with Crippen LogP contribution in [0.25, 0.3) is 75.1 Å². The van der Waals surface area contributed by atoms with Gasteiger partial charge in [0.05, 0.1) is 0 Å². The van der Waals surface area contributed by atoms with E-state index < -0.39 is 0 Å². The van der Waals surface area contributed by atoms with Crippen LogP contribution in [-0.2, 0) is 0 Å². The summed E-state index contributed by atoms with van der Waals surface area (Å²) in [5.41, 5.74) is 9.85. The standard InChI is InChI=1S/C46H29NOS/c1-2-9-32-26-34(17-16-30(32)8-1)33-10-7-11-37(27-33)47(38-23-25-44-42(29-38)39-12-3-5-14-43(39)48-44)36-21-18-31(19-22-36)35-20-24-41-40-13-4-6-15-45(40)49-46(41)28-35/h1-29H. The molecule has 10 aromatic rings. The van der Waals surface area contributed by atoms with Gasteiger partial charge in [-0.3, -0.25) is 0 Å². The number of furan rings is 1. The second kappa shape index (κ2) is 11.2. The third kappa shape index (κ3) is 4.78. The highest BCUT2D eigenvalue weighted by atomic mass is 32.1. The molecule has 0 spiro atoms. The van der Waals surface area contributed by atoms with Crippen LogP contribution < -0.4 is 4.90 Å². The third-order valence-electron chi connectivity index (χ3n) is 9.64. The molecular weight excluding hydrogens is 615 g/mol. The highest BCUT2D eigenvalue weighted by Gasteiger charge is 2.17. The average Bonchev–Trinajstić information content (AvgIpc) is 3.73. The van der Waals surface area contributed by atoms with Crippen LogP contribution in [-0.4, -0.2) is 0 Å². The zero-order valence-electron chi connectivity index (χ0n) is 26.5. The summed E-state index contributed by atoms with van der Waals surface area (Å²) in [6, 6.07) is 63.4. The van der Waals surface area contributed by atoms with Gasteiger partial charge in [-0.1, -0.05) is 109 Å². The normalized spacial score (nSPS) is 11.7. The highest BCUT2D eigenvalue weighted by Crippen LogP contribution is 2.41. The number of rotatable bonds is 5. The van der Waals surface area contributed by atoms with Crippen LogP contribution in [0, 0.1) is 0 Å². The van der Waals surface area contributed by atoms with Crippen molar-refractivity contribution in [1.29, 1.82) is 0 Å². The molecule has 10 rings (SSSR count). The van der Waals surface area contributed by atoms with E-state index in [2.05, 4.69) is 169 Å². The Kier molecular flexibility index (Phi) is 6.39. The van der Waals surface area contributed by atoms with Crippen LogP contribution in [0.2, 0.25) is 0 Å². The minimum Gasteiger partial charge on any atom is -0.456 e. The van der Waals surface area contributed by atoms with Crippen molar-refractivity contribution in [1.82, 2.24) is 0 Å². The minimum absolute atomic E-state index is 0.891. The predicted octanol–water partition coefficient (Wildman–Crippen LogP) is 13.9. The van der Waals surface area contributed by atoms with Gasteiger partial charge in [-0.15, -0.1) is 11.3 Å². The Morgan fingerprint density at radius 2 is 1.00 bits per heavy atom. The van der Waals surface area contributed by atoms with E-state index in [9.17, 15) is 0 Å². The van der Waals surface area contributed by atoms with Gasteiger partial charge in [0.2, 0.25) is 0 Å². The molecule has 0 saturated carbocycles. The van der Waals surface area contributed by atoms with Gasteiger partial charge in [0, 0.05) is 48.0 Å². The van der Waals surface area contributed by atoms with Crippen molar-refractivity contribution in [2.75, 3.05) is 4.90 Å². The van der Waals surface area contributed by atoms with Crippen LogP contribution in [0.4, 0.5) is 17.1 Å². The van der Waals surface area contributed by atoms with Crippen molar-refractivity contribution in [2.45, 2.75) is 0 Å². The summed E-state index contributed by atoms with van der Waals surface area (Å²) in [7, 11) is 0. The molecule has 2 aromatic heterocycles. The van der Waals surface area contributed by atoms with Crippen LogP contribution in [0.5, 0.6) is 0 Å². The number of fused-ring (bicyclic) bond motifs is 7. The molecule has 0 bridgehead atoms. The van der Waals surface area contributed by atoms with E-state index >= 15 is 0 Å². The Morgan fingerprint density at radius 1 is 0.347 bits per heavy atom. The fourth-order valence-corrected chi connectivity index (χ4v) is 8.35. The molecule has 2 heterocycles. The first kappa shape index (κ1) is 27.9. The van der Waals surface area contributed by atoms with E-state index in [0.717, 1.165) is 39.0 Å². The van der Waals surface area contributed by atoms with Crippen molar-refractivity contribution in [3.05, 3.63) is 176 Å². The molecule has 0 N–H and O–H groups in total. The zero-order chi connectivity index (χ0) is 32.3. The topological polar surface area (TPSA) is 16.4 Å². The number of nitrogens with zero attached hydrogens (tertiary/aromatic N) is 1. The van der Waals surface area contributed by atoms with Crippen molar-refractivity contribution >= 4 is 81.3 Å². The number of hydrogen-bond acceptors (Lipinski definition) is 3. The van der Waals surface area contributed by atoms with Gasteiger partial charge in [-0.2, -0.15) is 0 Å². The van der Waals surface area contributed by atoms with Crippen LogP contribution >= 0.6 is 11.3 Å². The van der Waals surface area contributed by atoms with Crippen LogP contribution in [0.15, 0.2) is 180 Å². The van der Waals surface area contributed by atoms with E-state index in [1.165, 1.54) is 53.2 Å². The second-order valence-corrected chi connectivity index (χ2v) is 13.7. The zero-order valence-corrected chi connectivity index (χ0v) is 27.3. The molecule has 230 valence electrons. The molecule has 0 radical (unpaired) electrons. The molecule has 0 aliphatic heterocycles. The van der Waals surface area contributed by atoms with E-state index in [1.54, 1.807) is 0 Å². The van der Waals surface area contributed by atoms with E-state index in [4.69, 9.17) is 4.42 Å². The Bertz CT molecular complexity index is 2840. The second-order valence-electron chi connectivity index (χ2n) is 12.6. The van der Waals surface area contributed by atoms with E-state index in [-0.39, 0.29) is 0 Å². The first-order chi connectivity index (χ1) is 24.2. The highest BCUT2D eigenvalue weighted by molar-refractivity contribution is 7.25. The molecule has 0 aliphatic rings. The summed E-state index contributed by atoms with van der Waals surface area (Å²) in [4.78, 5) is 2.35. The molecule has 8 aromatic carbocycles. The van der Waals surface area contributed by atoms with Crippen LogP contribution in [0.3, 0.4) is 0 Å². The van der Waals surface area contributed by atoms with Gasteiger partial charge >= 0.3 is 0 Å². The van der Waals surface area contributed by atoms with Gasteiger partial charge < -0.3 is 9.32 Å². The van der Waals surface area contributed by atoms with Crippen molar-refractivity contribution in [2.24, 2.45) is 0 Å². The van der Waals surface area contributed by atoms with E-state index in [1.807, 2.05) is 23.5 Å². The Balaban J connectivity index is 1.10. The Hall–Kier alpha value is -6.16. The molecule has 0 fully saturated rings. The molecule has 0 aliphatic carbocycles. The lowest BCUT2D eigenvalue weighted by atomic mass is 10.00. The summed E-state index contributed by atoms with van der Waals surface area (Å²) < 4.78 is 8.85. The first-order valence-corrected chi connectivity index (χ1v) is 17.4. The number of benzene rings is 8. The third-order valence-corrected chi connectivity index (χ3v) is 10.8. The lowest BCUT2D eigenvalue weighted by molar-refractivity contribution is 0.669. The fraction of sp³-hybridized carbons (Fsp3) is 0. The maximum atomic E-state index is 6.21. The summed E-state index contributed by atoms with van der Waals surface area (Å²) in [6.45, 7) is 0. The fourth-order valence-electron chi connectivity index (χ4n) is 7.20. The first-order valence-electron chi connectivity index (χ1n) is 16.6. The largest absolute Gasteiger partial charge is 0.456 e. The Morgan fingerprint density at radius 3 is 1.92 bits per heavy atom. The molecule has 2 nitrogen and oxygen atoms in total. The monoisotopic (exact) mass is 643 g/mol. The quantitative estimate of drug-likeness (QED) is 0.186. The molecule has 0 amide bonds. The molecule has 0 saturated heterocycles. The smallest absolute Gasteiger partial charge is 0.135 e. The van der Waals surface area contributed by atoms with Crippen LogP contribution in [0.1, 0.15) is 0 Å². The maximum absolute atomic E-state index is 6.21. The van der Waals surface area contributed by atoms with Gasteiger partial charge in [0.25, 0.3) is 0 Å². The molecular formula is C46H29NOS. The van der Waals surface area contributed by atoms with E-state index in [0.29, 0.717) is 0 Å². The maximum Gasteiger partial charge on any atom is 0.135 e. The van der Waals surface area contributed by atoms with Crippen molar-refractivity contribution in [3.8, 4) is 22.3 Å². The lowest BCUT2D eigenvalue weighted by Gasteiger charge is -2.26. The summed E-state index contributed by atoms with van der Waals surface area (Å²) >= 11 is 1.86. The summed E-state index contributed by atoms with van der Waals surface area (Å²) in [5, 5.41) is 7.36. The van der Waals surface area contributed by atoms with Crippen molar-refractivity contribution in [3.63, 3.8) is 0 Å². The van der Waals surface area contributed by atoms with Gasteiger partial charge in [0.1, 0.15) is 11.2 Å². The molecule has 49 heavy (non-hydrogen) atoms. The number of para-hydroxylation sites is 1. The van der Waals surface area contributed by atoms with Gasteiger partial charge in [0.15, 0.2) is 0 Å². The SMILES string of the molecule is c1cc(-c2ccc3ccccc3c2)cc(N(c2ccc(-c3ccc4c(c3)sc3ccccc34)cc2)c2ccc3oc4ccccc4c3c2)c1. The van der Waals surface area contributed by atoms with Crippen molar-refractivity contribution < 1.29 is 4.42 Å². The minimum atomic E-state index is 0.891. The summed E-state index contributed by atoms with van der Waals surface area (Å²) in [5.74, 6) is 0. The van der Waals surface area contributed by atoms with Gasteiger partial charge in [-0.25, -0.2) is 0 Å². The Labute approximate surface area is 287 Å². The number of thiophene rings is 1. The molecule has 3 heteroatoms. The average molecular weight is 644 g/mol. The van der Waals surface area contributed by atoms with Gasteiger partial charge in [-0.05, 0) is 99.8 Å². The molecule has 0 atom stereocenters. The number of hydrogen-bond donors (Lipinski definition) is 0. The number of anilines is 3. The molecule has 0 unspecified atom stereocenters. The lowest BCUT2D eigenvalue weighted by Crippen LogP contribution is -2.10.